The van der Waals surface area contributed by atoms with Crippen LogP contribution in [-0.4, -0.2) is 31.4 Å². The van der Waals surface area contributed by atoms with Crippen molar-refractivity contribution in [3.63, 3.8) is 0 Å². The van der Waals surface area contributed by atoms with Gasteiger partial charge in [-0.05, 0) is 25.5 Å². The molecule has 0 bridgehead atoms. The van der Waals surface area contributed by atoms with Crippen LogP contribution >= 0.6 is 11.8 Å². The highest BCUT2D eigenvalue weighted by atomic mass is 32.2. The summed E-state index contributed by atoms with van der Waals surface area (Å²) in [5, 5.41) is 8.39. The fourth-order valence-corrected chi connectivity index (χ4v) is 3.54. The molecule has 0 saturated heterocycles. The van der Waals surface area contributed by atoms with E-state index in [1.165, 1.54) is 0 Å². The van der Waals surface area contributed by atoms with Crippen molar-refractivity contribution < 1.29 is 4.79 Å². The number of hydrogen-bond acceptors (Lipinski definition) is 6. The molecule has 0 fully saturated rings. The molecule has 8 heteroatoms. The number of primary amides is 1. The number of thioether (sulfide) groups is 1. The molecule has 3 heterocycles. The molecule has 0 radical (unpaired) electrons. The summed E-state index contributed by atoms with van der Waals surface area (Å²) in [6.07, 6.45) is 3.93. The van der Waals surface area contributed by atoms with Gasteiger partial charge in [-0.25, -0.2) is 4.68 Å². The van der Waals surface area contributed by atoms with Gasteiger partial charge < -0.3 is 11.1 Å². The summed E-state index contributed by atoms with van der Waals surface area (Å²) in [5.41, 5.74) is 7.47. The third-order valence-corrected chi connectivity index (χ3v) is 4.72. The summed E-state index contributed by atoms with van der Waals surface area (Å²) >= 11 is 1.61. The molecule has 0 spiro atoms. The Bertz CT molecular complexity index is 770. The minimum absolute atomic E-state index is 0.455. The van der Waals surface area contributed by atoms with E-state index in [0.29, 0.717) is 28.1 Å². The Kier molecular flexibility index (Phi) is 4.84. The van der Waals surface area contributed by atoms with Crippen molar-refractivity contribution in [2.75, 3.05) is 11.1 Å². The van der Waals surface area contributed by atoms with Crippen LogP contribution in [-0.2, 0) is 4.79 Å². The van der Waals surface area contributed by atoms with Gasteiger partial charge in [0.2, 0.25) is 17.0 Å². The molecule has 7 nitrogen and oxygen atoms in total. The normalized spacial score (nSPS) is 16.7. The molecule has 0 aliphatic carbocycles. The van der Waals surface area contributed by atoms with Gasteiger partial charge in [0.05, 0.1) is 11.3 Å². The second kappa shape index (κ2) is 7.04. The number of rotatable bonds is 6. The number of unbranched alkanes of at least 4 members (excludes halogenated alkanes) is 1. The maximum absolute atomic E-state index is 12.0. The number of carbonyl (C=O) groups excluding carboxylic acids is 1. The molecule has 1 atom stereocenters. The first-order valence-electron chi connectivity index (χ1n) is 7.89. The minimum atomic E-state index is -0.489. The van der Waals surface area contributed by atoms with Crippen molar-refractivity contribution in [2.24, 2.45) is 5.73 Å². The van der Waals surface area contributed by atoms with Crippen molar-refractivity contribution in [1.82, 2.24) is 19.7 Å². The minimum Gasteiger partial charge on any atom is -0.366 e. The highest BCUT2D eigenvalue weighted by Gasteiger charge is 2.33. The van der Waals surface area contributed by atoms with E-state index in [2.05, 4.69) is 27.3 Å². The Labute approximate surface area is 144 Å². The Morgan fingerprint density at radius 1 is 1.46 bits per heavy atom. The zero-order valence-electron chi connectivity index (χ0n) is 13.7. The van der Waals surface area contributed by atoms with Gasteiger partial charge in [-0.2, -0.15) is 4.98 Å². The number of nitrogens with zero attached hydrogens (tertiary/aromatic N) is 4. The smallest absolute Gasteiger partial charge is 0.248 e. The Morgan fingerprint density at radius 2 is 2.29 bits per heavy atom. The van der Waals surface area contributed by atoms with Gasteiger partial charge in [-0.1, -0.05) is 31.2 Å². The van der Waals surface area contributed by atoms with Gasteiger partial charge in [-0.3, -0.25) is 9.78 Å². The molecule has 24 heavy (non-hydrogen) atoms. The maximum atomic E-state index is 12.0. The SMILES string of the molecule is CCCCSc1nc2n(n1)C(c1ccccn1)C(C(N)=O)=C(C)N2. The van der Waals surface area contributed by atoms with Gasteiger partial charge in [0, 0.05) is 17.6 Å². The number of aromatic nitrogens is 4. The van der Waals surface area contributed by atoms with Crippen LogP contribution in [0, 0.1) is 0 Å². The number of hydrogen-bond donors (Lipinski definition) is 2. The predicted octanol–water partition coefficient (Wildman–Crippen LogP) is 2.34. The lowest BCUT2D eigenvalue weighted by molar-refractivity contribution is -0.115. The maximum Gasteiger partial charge on any atom is 0.248 e. The summed E-state index contributed by atoms with van der Waals surface area (Å²) in [7, 11) is 0. The van der Waals surface area contributed by atoms with Crippen LogP contribution in [0.4, 0.5) is 5.95 Å². The van der Waals surface area contributed by atoms with Crippen LogP contribution in [0.25, 0.3) is 0 Å². The first-order valence-corrected chi connectivity index (χ1v) is 8.88. The number of allylic oxidation sites excluding steroid dienone is 1. The topological polar surface area (TPSA) is 98.7 Å². The lowest BCUT2D eigenvalue weighted by atomic mass is 9.99. The fraction of sp³-hybridized carbons (Fsp3) is 0.375. The van der Waals surface area contributed by atoms with Gasteiger partial charge in [0.15, 0.2) is 0 Å². The second-order valence-electron chi connectivity index (χ2n) is 5.55. The highest BCUT2D eigenvalue weighted by Crippen LogP contribution is 2.34. The lowest BCUT2D eigenvalue weighted by Crippen LogP contribution is -2.32. The molecule has 126 valence electrons. The van der Waals surface area contributed by atoms with Crippen molar-refractivity contribution >= 4 is 23.6 Å². The van der Waals surface area contributed by atoms with Crippen LogP contribution < -0.4 is 11.1 Å². The van der Waals surface area contributed by atoms with E-state index in [4.69, 9.17) is 5.73 Å². The quantitative estimate of drug-likeness (QED) is 0.616. The summed E-state index contributed by atoms with van der Waals surface area (Å²) in [6.45, 7) is 3.97. The van der Waals surface area contributed by atoms with Gasteiger partial charge in [0.25, 0.3) is 0 Å². The molecule has 1 aliphatic heterocycles. The molecule has 2 aromatic heterocycles. The van der Waals surface area contributed by atoms with E-state index in [9.17, 15) is 4.79 Å². The van der Waals surface area contributed by atoms with Crippen LogP contribution in [0.1, 0.15) is 38.4 Å². The summed E-state index contributed by atoms with van der Waals surface area (Å²) in [5.74, 6) is 1.08. The Hall–Kier alpha value is -2.35. The van der Waals surface area contributed by atoms with E-state index in [-0.39, 0.29) is 0 Å². The molecule has 0 aromatic carbocycles. The zero-order valence-corrected chi connectivity index (χ0v) is 14.5. The summed E-state index contributed by atoms with van der Waals surface area (Å²) < 4.78 is 1.70. The van der Waals surface area contributed by atoms with Crippen molar-refractivity contribution in [2.45, 2.75) is 37.9 Å². The molecule has 1 unspecified atom stereocenters. The summed E-state index contributed by atoms with van der Waals surface area (Å²) in [4.78, 5) is 20.9. The standard InChI is InChI=1S/C16H20N6OS/c1-3-4-9-24-16-20-15-19-10(2)12(14(17)23)13(22(15)21-16)11-7-5-6-8-18-11/h5-8,13H,3-4,9H2,1-2H3,(H2,17,23)(H,19,20,21). The molecule has 2 aromatic rings. The third kappa shape index (κ3) is 3.14. The zero-order chi connectivity index (χ0) is 17.1. The molecule has 3 rings (SSSR count). The molecular formula is C16H20N6OS. The molecule has 3 N–H and O–H groups in total. The number of anilines is 1. The van der Waals surface area contributed by atoms with E-state index in [1.807, 2.05) is 25.1 Å². The highest BCUT2D eigenvalue weighted by molar-refractivity contribution is 7.99. The number of fused-ring (bicyclic) bond motifs is 1. The van der Waals surface area contributed by atoms with Gasteiger partial charge in [0.1, 0.15) is 6.04 Å². The largest absolute Gasteiger partial charge is 0.366 e. The van der Waals surface area contributed by atoms with E-state index < -0.39 is 11.9 Å². The Morgan fingerprint density at radius 3 is 2.96 bits per heavy atom. The summed E-state index contributed by atoms with van der Waals surface area (Å²) in [6, 6.07) is 5.11. The number of amides is 1. The van der Waals surface area contributed by atoms with Crippen LogP contribution in [0.3, 0.4) is 0 Å². The van der Waals surface area contributed by atoms with E-state index in [1.54, 1.807) is 22.6 Å². The van der Waals surface area contributed by atoms with E-state index in [0.717, 1.165) is 18.6 Å². The monoisotopic (exact) mass is 344 g/mol. The fourth-order valence-electron chi connectivity index (χ4n) is 2.63. The first kappa shape index (κ1) is 16.5. The van der Waals surface area contributed by atoms with Crippen LogP contribution in [0.2, 0.25) is 0 Å². The molecule has 0 saturated carbocycles. The van der Waals surface area contributed by atoms with Crippen molar-refractivity contribution in [3.05, 3.63) is 41.4 Å². The van der Waals surface area contributed by atoms with Crippen LogP contribution in [0.15, 0.2) is 40.8 Å². The van der Waals surface area contributed by atoms with Crippen molar-refractivity contribution in [3.8, 4) is 0 Å². The number of carbonyl (C=O) groups is 1. The third-order valence-electron chi connectivity index (χ3n) is 3.80. The van der Waals surface area contributed by atoms with Crippen LogP contribution in [0.5, 0.6) is 0 Å². The average Bonchev–Trinajstić information content (AvgIpc) is 2.96. The van der Waals surface area contributed by atoms with E-state index >= 15 is 0 Å². The molecular weight excluding hydrogens is 324 g/mol. The van der Waals surface area contributed by atoms with Gasteiger partial charge in [-0.15, -0.1) is 5.10 Å². The number of nitrogens with one attached hydrogen (secondary N) is 1. The number of pyridine rings is 1. The van der Waals surface area contributed by atoms with Crippen molar-refractivity contribution in [1.29, 1.82) is 0 Å². The van der Waals surface area contributed by atoms with Gasteiger partial charge >= 0.3 is 0 Å². The molecule has 1 aliphatic rings. The number of nitrogens with two attached hydrogens (primary N) is 1. The predicted molar refractivity (Wildman–Crippen MR) is 93.5 cm³/mol. The Balaban J connectivity index is 2.02. The lowest BCUT2D eigenvalue weighted by Gasteiger charge is -2.26. The molecule has 1 amide bonds. The second-order valence-corrected chi connectivity index (χ2v) is 6.61. The average molecular weight is 344 g/mol. The first-order chi connectivity index (χ1) is 11.6.